The number of carbonyl (C=O) groups is 1. The lowest BCUT2D eigenvalue weighted by Crippen LogP contribution is -2.49. The Hall–Kier alpha value is -3.31. The van der Waals surface area contributed by atoms with Gasteiger partial charge >= 0.3 is 0 Å². The van der Waals surface area contributed by atoms with E-state index >= 15 is 0 Å². The van der Waals surface area contributed by atoms with Gasteiger partial charge in [-0.05, 0) is 54.8 Å². The second-order valence-electron chi connectivity index (χ2n) is 10.3. The molecule has 1 aromatic heterocycles. The smallest absolute Gasteiger partial charge is 0.243 e. The highest BCUT2D eigenvalue weighted by atomic mass is 32.2. The Labute approximate surface area is 228 Å². The summed E-state index contributed by atoms with van der Waals surface area (Å²) in [4.78, 5) is 20.4. The number of rotatable bonds is 9. The van der Waals surface area contributed by atoms with E-state index in [9.17, 15) is 13.2 Å². The van der Waals surface area contributed by atoms with Crippen LogP contribution in [0.15, 0.2) is 65.6 Å². The van der Waals surface area contributed by atoms with Gasteiger partial charge in [-0.3, -0.25) is 14.7 Å². The minimum absolute atomic E-state index is 0.0678. The molecule has 0 unspecified atom stereocenters. The lowest BCUT2D eigenvalue weighted by atomic mass is 9.88. The van der Waals surface area contributed by atoms with E-state index in [1.54, 1.807) is 24.3 Å². The molecule has 1 aliphatic carbocycles. The number of hydrogen-bond donors (Lipinski definition) is 1. The first-order valence-electron chi connectivity index (χ1n) is 13.2. The topological polar surface area (TPSA) is 109 Å². The molecule has 39 heavy (non-hydrogen) atoms. The molecular weight excluding hydrogens is 518 g/mol. The van der Waals surface area contributed by atoms with E-state index in [2.05, 4.69) is 4.90 Å². The molecule has 0 bridgehead atoms. The van der Waals surface area contributed by atoms with E-state index in [-0.39, 0.29) is 30.5 Å². The van der Waals surface area contributed by atoms with Crippen LogP contribution in [-0.2, 0) is 26.7 Å². The van der Waals surface area contributed by atoms with E-state index in [0.29, 0.717) is 55.6 Å². The number of fused-ring (bicyclic) bond motifs is 1. The molecule has 9 nitrogen and oxygen atoms in total. The van der Waals surface area contributed by atoms with E-state index in [1.807, 2.05) is 36.4 Å². The van der Waals surface area contributed by atoms with Crippen molar-refractivity contribution in [3.05, 3.63) is 71.9 Å². The number of piperazine rings is 1. The van der Waals surface area contributed by atoms with Crippen molar-refractivity contribution < 1.29 is 27.8 Å². The highest BCUT2D eigenvalue weighted by Crippen LogP contribution is 2.51. The summed E-state index contributed by atoms with van der Waals surface area (Å²) in [5.74, 6) is 1.52. The van der Waals surface area contributed by atoms with Crippen LogP contribution in [0.4, 0.5) is 0 Å². The summed E-state index contributed by atoms with van der Waals surface area (Å²) in [6.07, 6.45) is 1.83. The van der Waals surface area contributed by atoms with Gasteiger partial charge in [0.1, 0.15) is 5.78 Å². The van der Waals surface area contributed by atoms with Gasteiger partial charge in [0.15, 0.2) is 11.5 Å². The molecule has 1 N–H and O–H groups in total. The van der Waals surface area contributed by atoms with Crippen molar-refractivity contribution in [2.75, 3.05) is 46.1 Å². The lowest BCUT2D eigenvalue weighted by molar-refractivity contribution is -0.120. The lowest BCUT2D eigenvalue weighted by Gasteiger charge is -2.33. The monoisotopic (exact) mass is 549 g/mol. The Bertz CT molecular complexity index is 1480. The third kappa shape index (κ3) is 5.05. The molecule has 2 fully saturated rings. The van der Waals surface area contributed by atoms with Gasteiger partial charge in [-0.25, -0.2) is 8.42 Å². The maximum Gasteiger partial charge on any atom is 0.243 e. The fraction of sp³-hybridized carbons (Fsp3) is 0.379. The second-order valence-corrected chi connectivity index (χ2v) is 12.2. The highest BCUT2D eigenvalue weighted by molar-refractivity contribution is 7.89. The molecule has 3 heterocycles. The fourth-order valence-corrected chi connectivity index (χ4v) is 6.82. The van der Waals surface area contributed by atoms with Gasteiger partial charge in [0.2, 0.25) is 16.8 Å². The largest absolute Gasteiger partial charge is 0.454 e. The first kappa shape index (κ1) is 25.9. The molecule has 3 aromatic rings. The number of aliphatic hydroxyl groups excluding tert-OH is 1. The molecule has 2 aromatic carbocycles. The van der Waals surface area contributed by atoms with Crippen molar-refractivity contribution in [3.8, 4) is 22.8 Å². The number of pyridine rings is 1. The normalized spacial score (nSPS) is 18.7. The first-order valence-corrected chi connectivity index (χ1v) is 14.7. The van der Waals surface area contributed by atoms with E-state index in [1.165, 1.54) is 4.31 Å². The number of ether oxygens (including phenoxy) is 2. The number of ketones is 1. The summed E-state index contributed by atoms with van der Waals surface area (Å²) in [5, 5.41) is 9.11. The van der Waals surface area contributed by atoms with Crippen molar-refractivity contribution in [1.82, 2.24) is 14.2 Å². The van der Waals surface area contributed by atoms with E-state index in [0.717, 1.165) is 24.0 Å². The van der Waals surface area contributed by atoms with Crippen LogP contribution in [0, 0.1) is 0 Å². The maximum absolute atomic E-state index is 13.4. The fourth-order valence-electron chi connectivity index (χ4n) is 5.40. The summed E-state index contributed by atoms with van der Waals surface area (Å²) in [5.41, 5.74) is 2.61. The van der Waals surface area contributed by atoms with Crippen molar-refractivity contribution in [3.63, 3.8) is 0 Å². The van der Waals surface area contributed by atoms with E-state index in [4.69, 9.17) is 19.6 Å². The van der Waals surface area contributed by atoms with Gasteiger partial charge in [0.25, 0.3) is 0 Å². The SMILES string of the molecule is O=C(Cc1cccc(-c2ccc(S(=O)(=O)N3CCN(CCO)CC3)cc2)n1)C1(c2ccc3c(c2)OCO3)CC1. The number of sulfonamides is 1. The van der Waals surface area contributed by atoms with Crippen LogP contribution < -0.4 is 9.47 Å². The Morgan fingerprint density at radius 3 is 2.41 bits per heavy atom. The van der Waals surface area contributed by atoms with Crippen LogP contribution >= 0.6 is 0 Å². The Kier molecular flexibility index (Phi) is 6.88. The van der Waals surface area contributed by atoms with Gasteiger partial charge in [-0.15, -0.1) is 0 Å². The summed E-state index contributed by atoms with van der Waals surface area (Å²) >= 11 is 0. The minimum Gasteiger partial charge on any atom is -0.454 e. The number of carbonyl (C=O) groups excluding carboxylic acids is 1. The number of Topliss-reactive ketones (excluding diaryl/α,β-unsaturated/α-hetero) is 1. The number of hydrogen-bond acceptors (Lipinski definition) is 8. The standard InChI is InChI=1S/C29H31N3O6S/c33-17-16-31-12-14-32(15-13-31)39(35,36)24-7-4-21(5-8-24)25-3-1-2-23(30-25)19-28(34)29(10-11-29)22-6-9-26-27(18-22)38-20-37-26/h1-9,18,33H,10-17,19-20H2. The van der Waals surface area contributed by atoms with Crippen molar-refractivity contribution in [2.24, 2.45) is 0 Å². The average Bonchev–Trinajstić information content (AvgIpc) is 3.64. The molecule has 1 saturated carbocycles. The predicted octanol–water partition coefficient (Wildman–Crippen LogP) is 2.62. The van der Waals surface area contributed by atoms with Crippen LogP contribution in [0.1, 0.15) is 24.1 Å². The first-order chi connectivity index (χ1) is 18.9. The van der Waals surface area contributed by atoms with Gasteiger partial charge in [0, 0.05) is 50.4 Å². The molecule has 2 aliphatic heterocycles. The summed E-state index contributed by atoms with van der Waals surface area (Å²) in [6, 6.07) is 18.1. The van der Waals surface area contributed by atoms with Crippen LogP contribution in [0.3, 0.4) is 0 Å². The van der Waals surface area contributed by atoms with Crippen LogP contribution in [0.25, 0.3) is 11.3 Å². The molecule has 0 amide bonds. The van der Waals surface area contributed by atoms with Gasteiger partial charge in [0.05, 0.1) is 22.6 Å². The quantitative estimate of drug-likeness (QED) is 0.434. The molecule has 0 radical (unpaired) electrons. The molecule has 10 heteroatoms. The summed E-state index contributed by atoms with van der Waals surface area (Å²) in [7, 11) is -3.60. The number of nitrogens with zero attached hydrogens (tertiary/aromatic N) is 3. The Balaban J connectivity index is 1.14. The van der Waals surface area contributed by atoms with Crippen LogP contribution in [-0.4, -0.2) is 79.6 Å². The Morgan fingerprint density at radius 2 is 1.69 bits per heavy atom. The molecule has 6 rings (SSSR count). The van der Waals surface area contributed by atoms with Crippen LogP contribution in [0.5, 0.6) is 11.5 Å². The van der Waals surface area contributed by atoms with E-state index < -0.39 is 15.4 Å². The highest BCUT2D eigenvalue weighted by Gasteiger charge is 2.51. The molecule has 0 atom stereocenters. The number of aromatic nitrogens is 1. The van der Waals surface area contributed by atoms with Gasteiger partial charge in [-0.1, -0.05) is 24.3 Å². The van der Waals surface area contributed by atoms with Crippen LogP contribution in [0.2, 0.25) is 0 Å². The zero-order valence-electron chi connectivity index (χ0n) is 21.6. The van der Waals surface area contributed by atoms with Crippen molar-refractivity contribution in [2.45, 2.75) is 29.6 Å². The molecule has 0 spiro atoms. The number of aliphatic hydroxyl groups is 1. The zero-order chi connectivity index (χ0) is 27.0. The second kappa shape index (κ2) is 10.3. The Morgan fingerprint density at radius 1 is 0.949 bits per heavy atom. The third-order valence-corrected chi connectivity index (χ3v) is 9.81. The minimum atomic E-state index is -3.60. The average molecular weight is 550 g/mol. The number of benzene rings is 2. The van der Waals surface area contributed by atoms with Crippen molar-refractivity contribution in [1.29, 1.82) is 0 Å². The molecule has 204 valence electrons. The zero-order valence-corrected chi connectivity index (χ0v) is 22.4. The summed E-state index contributed by atoms with van der Waals surface area (Å²) in [6.45, 7) is 2.82. The predicted molar refractivity (Wildman–Crippen MR) is 144 cm³/mol. The molecule has 1 saturated heterocycles. The number of β-amino-alcohol motifs (C(OH)–C–C–N with tert-alkyl or cyclic N) is 1. The van der Waals surface area contributed by atoms with Crippen molar-refractivity contribution >= 4 is 15.8 Å². The van der Waals surface area contributed by atoms with Gasteiger partial charge < -0.3 is 14.6 Å². The molecule has 3 aliphatic rings. The van der Waals surface area contributed by atoms with Gasteiger partial charge in [-0.2, -0.15) is 4.31 Å². The third-order valence-electron chi connectivity index (χ3n) is 7.89. The summed E-state index contributed by atoms with van der Waals surface area (Å²) < 4.78 is 38.7. The molecular formula is C29H31N3O6S. The maximum atomic E-state index is 13.4.